The van der Waals surface area contributed by atoms with Gasteiger partial charge in [-0.3, -0.25) is 4.79 Å². The van der Waals surface area contributed by atoms with E-state index in [0.717, 1.165) is 6.07 Å². The number of aryl methyl sites for hydroxylation is 1. The van der Waals surface area contributed by atoms with Gasteiger partial charge >= 0.3 is 0 Å². The van der Waals surface area contributed by atoms with Crippen molar-refractivity contribution in [3.05, 3.63) is 34.1 Å². The van der Waals surface area contributed by atoms with Gasteiger partial charge in [0.15, 0.2) is 17.3 Å². The maximum Gasteiger partial charge on any atom is 0.260 e. The third-order valence-electron chi connectivity index (χ3n) is 2.64. The Kier molecular flexibility index (Phi) is 1.80. The molecular weight excluding hydrogens is 230 g/mol. The second kappa shape index (κ2) is 3.09. The average molecular weight is 236 g/mol. The van der Waals surface area contributed by atoms with E-state index >= 15 is 0 Å². The Balaban J connectivity index is 2.72. The first-order valence-electron chi connectivity index (χ1n) is 4.79. The van der Waals surface area contributed by atoms with Crippen LogP contribution < -0.4 is 5.56 Å². The lowest BCUT2D eigenvalue weighted by Crippen LogP contribution is -2.09. The molecule has 0 spiro atoms. The van der Waals surface area contributed by atoms with Crippen LogP contribution >= 0.6 is 0 Å². The highest BCUT2D eigenvalue weighted by Crippen LogP contribution is 2.22. The molecule has 0 radical (unpaired) electrons. The van der Waals surface area contributed by atoms with Gasteiger partial charge in [0, 0.05) is 12.4 Å². The van der Waals surface area contributed by atoms with E-state index in [-0.39, 0.29) is 16.4 Å². The van der Waals surface area contributed by atoms with E-state index in [1.807, 2.05) is 0 Å². The van der Waals surface area contributed by atoms with E-state index in [1.54, 1.807) is 7.05 Å². The summed E-state index contributed by atoms with van der Waals surface area (Å²) in [6.45, 7) is 0. The van der Waals surface area contributed by atoms with Crippen molar-refractivity contribution in [3.8, 4) is 0 Å². The van der Waals surface area contributed by atoms with Crippen molar-refractivity contribution in [1.82, 2.24) is 20.0 Å². The van der Waals surface area contributed by atoms with Crippen molar-refractivity contribution in [3.63, 3.8) is 0 Å². The Morgan fingerprint density at radius 2 is 2.12 bits per heavy atom. The van der Waals surface area contributed by atoms with Gasteiger partial charge in [0.2, 0.25) is 0 Å². The first kappa shape index (κ1) is 9.88. The van der Waals surface area contributed by atoms with Crippen LogP contribution in [0.5, 0.6) is 0 Å². The smallest absolute Gasteiger partial charge is 0.260 e. The standard InChI is InChI=1S/C10H6F2N4O/c1-16-8-4-2-3-5(11)7(12)6(4)10(17)13-9(8)14-15-16/h2-3H,1H3,(H,13,17). The third-order valence-corrected chi connectivity index (χ3v) is 2.64. The predicted octanol–water partition coefficient (Wildman–Crippen LogP) is 1.09. The molecule has 5 nitrogen and oxygen atoms in total. The van der Waals surface area contributed by atoms with Crippen LogP contribution in [0.15, 0.2) is 16.9 Å². The largest absolute Gasteiger partial charge is 0.303 e. The van der Waals surface area contributed by atoms with E-state index < -0.39 is 17.2 Å². The molecule has 1 N–H and O–H groups in total. The molecule has 0 saturated carbocycles. The fourth-order valence-electron chi connectivity index (χ4n) is 1.88. The number of pyridine rings is 1. The van der Waals surface area contributed by atoms with E-state index in [0.29, 0.717) is 5.52 Å². The molecule has 2 aromatic heterocycles. The van der Waals surface area contributed by atoms with Crippen molar-refractivity contribution in [2.75, 3.05) is 0 Å². The van der Waals surface area contributed by atoms with Gasteiger partial charge in [-0.15, -0.1) is 5.10 Å². The number of hydrogen-bond acceptors (Lipinski definition) is 3. The van der Waals surface area contributed by atoms with Crippen molar-refractivity contribution in [1.29, 1.82) is 0 Å². The summed E-state index contributed by atoms with van der Waals surface area (Å²) >= 11 is 0. The van der Waals surface area contributed by atoms with Crippen molar-refractivity contribution < 1.29 is 8.78 Å². The molecular formula is C10H6F2N4O. The maximum absolute atomic E-state index is 13.6. The Morgan fingerprint density at radius 1 is 1.35 bits per heavy atom. The van der Waals surface area contributed by atoms with E-state index in [4.69, 9.17) is 0 Å². The highest BCUT2D eigenvalue weighted by molar-refractivity contribution is 6.02. The molecule has 0 unspecified atom stereocenters. The van der Waals surface area contributed by atoms with Crippen molar-refractivity contribution in [2.45, 2.75) is 0 Å². The van der Waals surface area contributed by atoms with Crippen molar-refractivity contribution >= 4 is 21.9 Å². The number of aromatic nitrogens is 4. The fraction of sp³-hybridized carbons (Fsp3) is 0.100. The minimum Gasteiger partial charge on any atom is -0.303 e. The van der Waals surface area contributed by atoms with Gasteiger partial charge in [0.25, 0.3) is 5.56 Å². The van der Waals surface area contributed by atoms with Crippen LogP contribution in [-0.2, 0) is 7.05 Å². The molecule has 7 heteroatoms. The SMILES string of the molecule is Cn1nnc2[nH]c(=O)c3c(F)c(F)ccc3c21. The molecule has 2 heterocycles. The second-order valence-corrected chi connectivity index (χ2v) is 3.65. The minimum atomic E-state index is -1.16. The Labute approximate surface area is 92.7 Å². The zero-order valence-electron chi connectivity index (χ0n) is 8.66. The molecule has 3 rings (SSSR count). The van der Waals surface area contributed by atoms with Gasteiger partial charge < -0.3 is 4.98 Å². The summed E-state index contributed by atoms with van der Waals surface area (Å²) in [7, 11) is 1.61. The summed E-state index contributed by atoms with van der Waals surface area (Å²) in [5.41, 5.74) is -0.0143. The number of hydrogen-bond donors (Lipinski definition) is 1. The molecule has 0 amide bonds. The van der Waals surface area contributed by atoms with E-state index in [1.165, 1.54) is 10.7 Å². The number of H-pyrrole nitrogens is 1. The normalized spacial score (nSPS) is 11.5. The van der Waals surface area contributed by atoms with Gasteiger partial charge in [0.1, 0.15) is 5.52 Å². The van der Waals surface area contributed by atoms with Gasteiger partial charge in [-0.25, -0.2) is 13.5 Å². The molecule has 17 heavy (non-hydrogen) atoms. The first-order chi connectivity index (χ1) is 8.09. The predicted molar refractivity (Wildman–Crippen MR) is 56.6 cm³/mol. The summed E-state index contributed by atoms with van der Waals surface area (Å²) in [5.74, 6) is -2.22. The first-order valence-corrected chi connectivity index (χ1v) is 4.79. The molecule has 0 saturated heterocycles. The number of halogens is 2. The Bertz CT molecular complexity index is 805. The summed E-state index contributed by atoms with van der Waals surface area (Å²) in [6, 6.07) is 2.32. The molecule has 0 aliphatic rings. The number of benzene rings is 1. The lowest BCUT2D eigenvalue weighted by Gasteiger charge is -2.01. The summed E-state index contributed by atoms with van der Waals surface area (Å²) in [5, 5.41) is 7.41. The Morgan fingerprint density at radius 3 is 2.88 bits per heavy atom. The van der Waals surface area contributed by atoms with Crippen LogP contribution in [0.3, 0.4) is 0 Å². The molecule has 1 aromatic carbocycles. The lowest BCUT2D eigenvalue weighted by atomic mass is 10.1. The number of rotatable bonds is 0. The van der Waals surface area contributed by atoms with Gasteiger partial charge in [-0.1, -0.05) is 5.21 Å². The highest BCUT2D eigenvalue weighted by Gasteiger charge is 2.16. The van der Waals surface area contributed by atoms with Crippen LogP contribution in [0.25, 0.3) is 21.9 Å². The monoisotopic (exact) mass is 236 g/mol. The highest BCUT2D eigenvalue weighted by atomic mass is 19.2. The zero-order valence-corrected chi connectivity index (χ0v) is 8.66. The third kappa shape index (κ3) is 1.19. The molecule has 0 fully saturated rings. The molecule has 0 atom stereocenters. The topological polar surface area (TPSA) is 63.6 Å². The summed E-state index contributed by atoms with van der Waals surface area (Å²) < 4.78 is 28.1. The maximum atomic E-state index is 13.6. The zero-order chi connectivity index (χ0) is 12.2. The van der Waals surface area contributed by atoms with Crippen LogP contribution in [0.1, 0.15) is 0 Å². The fourth-order valence-corrected chi connectivity index (χ4v) is 1.88. The molecule has 0 bridgehead atoms. The van der Waals surface area contributed by atoms with Crippen LogP contribution in [-0.4, -0.2) is 20.0 Å². The molecule has 0 aliphatic carbocycles. The number of aromatic amines is 1. The van der Waals surface area contributed by atoms with E-state index in [9.17, 15) is 13.6 Å². The number of nitrogens with one attached hydrogen (secondary N) is 1. The van der Waals surface area contributed by atoms with Crippen molar-refractivity contribution in [2.24, 2.45) is 7.05 Å². The molecule has 0 aliphatic heterocycles. The quantitative estimate of drug-likeness (QED) is 0.635. The van der Waals surface area contributed by atoms with Crippen LogP contribution in [0.4, 0.5) is 8.78 Å². The molecule has 86 valence electrons. The average Bonchev–Trinajstić information content (AvgIpc) is 2.65. The van der Waals surface area contributed by atoms with Gasteiger partial charge in [0.05, 0.1) is 5.39 Å². The van der Waals surface area contributed by atoms with Gasteiger partial charge in [-0.05, 0) is 12.1 Å². The van der Waals surface area contributed by atoms with Crippen LogP contribution in [0.2, 0.25) is 0 Å². The number of fused-ring (bicyclic) bond motifs is 3. The summed E-state index contributed by atoms with van der Waals surface area (Å²) in [4.78, 5) is 14.0. The summed E-state index contributed by atoms with van der Waals surface area (Å²) in [6.07, 6.45) is 0. The minimum absolute atomic E-state index is 0.246. The Hall–Kier alpha value is -2.31. The van der Waals surface area contributed by atoms with E-state index in [2.05, 4.69) is 15.3 Å². The molecule has 3 aromatic rings. The second-order valence-electron chi connectivity index (χ2n) is 3.65. The number of nitrogens with zero attached hydrogens (tertiary/aromatic N) is 3. The van der Waals surface area contributed by atoms with Gasteiger partial charge in [-0.2, -0.15) is 0 Å². The lowest BCUT2D eigenvalue weighted by molar-refractivity contribution is 0.516. The van der Waals surface area contributed by atoms with Crippen LogP contribution in [0, 0.1) is 11.6 Å².